The van der Waals surface area contributed by atoms with Crippen molar-refractivity contribution < 1.29 is 4.79 Å². The molecule has 0 aliphatic carbocycles. The number of ketones is 1. The number of carbonyl (C=O) groups excluding carboxylic acids is 1. The molecule has 15 rings (SSSR count). The van der Waals surface area contributed by atoms with E-state index in [9.17, 15) is 4.79 Å². The van der Waals surface area contributed by atoms with E-state index in [0.717, 1.165) is 135 Å². The molecule has 0 unspecified atom stereocenters. The fourth-order valence-electron chi connectivity index (χ4n) is 12.1. The zero-order chi connectivity index (χ0) is 61.6. The molecule has 0 amide bonds. The molecule has 0 N–H and O–H groups in total. The Balaban J connectivity index is 1.02. The third kappa shape index (κ3) is 11.7. The first-order chi connectivity index (χ1) is 45.5. The Bertz CT molecular complexity index is 4580. The van der Waals surface area contributed by atoms with Crippen LogP contribution >= 0.6 is 0 Å². The van der Waals surface area contributed by atoms with E-state index in [1.807, 2.05) is 115 Å². The van der Waals surface area contributed by atoms with Gasteiger partial charge < -0.3 is 0 Å². The van der Waals surface area contributed by atoms with Crippen LogP contribution in [0.25, 0.3) is 146 Å². The molecule has 0 saturated carbocycles. The summed E-state index contributed by atoms with van der Waals surface area (Å²) in [6.45, 7) is 0. The van der Waals surface area contributed by atoms with Crippen LogP contribution in [0.1, 0.15) is 15.9 Å². The fourth-order valence-corrected chi connectivity index (χ4v) is 12.1. The van der Waals surface area contributed by atoms with Crippen molar-refractivity contribution in [1.82, 2.24) is 24.9 Å². The maximum Gasteiger partial charge on any atom is 0.193 e. The van der Waals surface area contributed by atoms with Gasteiger partial charge in [-0.25, -0.2) is 24.9 Å². The minimum Gasteiger partial charge on any atom is -0.289 e. The lowest BCUT2D eigenvalue weighted by Gasteiger charge is -2.22. The SMILES string of the molecule is O=C(c1ccccc1)c1ccc(-c2cc(-c3c(-c4ccccc4)cc(-c4cc(-c5ccccc5)nc(-c5ccccc5)c4)nc3-c3ccccc3)cc(-c3c(-c4ccccc4)cc(-c4cc(-c5ccccc5)nc(-c5ccccc5)c4)nc3-c3ccccc3)n2)cc1. The summed E-state index contributed by atoms with van der Waals surface area (Å²) in [5.74, 6) is -0.0566. The summed E-state index contributed by atoms with van der Waals surface area (Å²) >= 11 is 0. The van der Waals surface area contributed by atoms with Crippen molar-refractivity contribution in [3.8, 4) is 146 Å². The van der Waals surface area contributed by atoms with Crippen LogP contribution in [0.2, 0.25) is 0 Å². The molecule has 0 bridgehead atoms. The molecule has 6 heteroatoms. The molecule has 0 fully saturated rings. The van der Waals surface area contributed by atoms with Gasteiger partial charge in [-0.1, -0.05) is 297 Å². The number of aromatic nitrogens is 5. The number of nitrogens with zero attached hydrogens (tertiary/aromatic N) is 5. The smallest absolute Gasteiger partial charge is 0.193 e. The van der Waals surface area contributed by atoms with Crippen LogP contribution in [-0.4, -0.2) is 30.7 Å². The average Bonchev–Trinajstić information content (AvgIpc) is 0.763. The van der Waals surface area contributed by atoms with Crippen molar-refractivity contribution in [1.29, 1.82) is 0 Å². The number of pyridine rings is 5. The fraction of sp³-hybridized carbons (Fsp3) is 0. The lowest BCUT2D eigenvalue weighted by atomic mass is 9.87. The molecule has 5 aromatic heterocycles. The normalized spacial score (nSPS) is 11.1. The Hall–Kier alpha value is -12.4. The molecule has 0 spiro atoms. The van der Waals surface area contributed by atoms with Gasteiger partial charge in [-0.05, 0) is 76.3 Å². The molecule has 0 aliphatic rings. The summed E-state index contributed by atoms with van der Waals surface area (Å²) in [4.78, 5) is 42.1. The minimum atomic E-state index is -0.0566. The highest BCUT2D eigenvalue weighted by Crippen LogP contribution is 2.47. The number of benzene rings is 10. The molecule has 92 heavy (non-hydrogen) atoms. The monoisotopic (exact) mass is 1180 g/mol. The van der Waals surface area contributed by atoms with Crippen LogP contribution in [0, 0.1) is 0 Å². The summed E-state index contributed by atoms with van der Waals surface area (Å²) in [6, 6.07) is 118. The van der Waals surface area contributed by atoms with Crippen LogP contribution in [-0.2, 0) is 0 Å². The summed E-state index contributed by atoms with van der Waals surface area (Å²) in [6.07, 6.45) is 0. The maximum atomic E-state index is 14.0. The molecule has 10 aromatic carbocycles. The van der Waals surface area contributed by atoms with E-state index in [1.165, 1.54) is 0 Å². The summed E-state index contributed by atoms with van der Waals surface area (Å²) in [7, 11) is 0. The van der Waals surface area contributed by atoms with E-state index in [-0.39, 0.29) is 5.78 Å². The Morgan fingerprint density at radius 2 is 0.435 bits per heavy atom. The third-order valence-electron chi connectivity index (χ3n) is 16.7. The van der Waals surface area contributed by atoms with Crippen molar-refractivity contribution in [2.24, 2.45) is 0 Å². The Labute approximate surface area is 535 Å². The lowest BCUT2D eigenvalue weighted by molar-refractivity contribution is 0.103. The van der Waals surface area contributed by atoms with E-state index in [0.29, 0.717) is 22.5 Å². The molecule has 432 valence electrons. The van der Waals surface area contributed by atoms with Crippen molar-refractivity contribution in [2.45, 2.75) is 0 Å². The number of carbonyl (C=O) groups is 1. The zero-order valence-electron chi connectivity index (χ0n) is 50.1. The molecule has 15 aromatic rings. The maximum absolute atomic E-state index is 14.0. The van der Waals surface area contributed by atoms with Crippen LogP contribution in [0.15, 0.2) is 346 Å². The average molecular weight is 1180 g/mol. The summed E-state index contributed by atoms with van der Waals surface area (Å²) in [5.41, 5.74) is 24.2. The first kappa shape index (κ1) is 56.2. The predicted octanol–water partition coefficient (Wildman–Crippen LogP) is 21.6. The van der Waals surface area contributed by atoms with E-state index >= 15 is 0 Å². The highest BCUT2D eigenvalue weighted by atomic mass is 16.1. The molecule has 0 radical (unpaired) electrons. The molecular formula is C86H57N5O. The second-order valence-electron chi connectivity index (χ2n) is 22.6. The highest BCUT2D eigenvalue weighted by Gasteiger charge is 2.26. The van der Waals surface area contributed by atoms with Crippen molar-refractivity contribution in [3.63, 3.8) is 0 Å². The number of hydrogen-bond acceptors (Lipinski definition) is 6. The van der Waals surface area contributed by atoms with Gasteiger partial charge in [0.15, 0.2) is 5.78 Å². The van der Waals surface area contributed by atoms with Crippen molar-refractivity contribution >= 4 is 5.78 Å². The van der Waals surface area contributed by atoms with E-state index in [4.69, 9.17) is 24.9 Å². The van der Waals surface area contributed by atoms with E-state index in [2.05, 4.69) is 231 Å². The molecule has 0 saturated heterocycles. The van der Waals surface area contributed by atoms with Gasteiger partial charge >= 0.3 is 0 Å². The molecule has 0 aliphatic heterocycles. The van der Waals surface area contributed by atoms with Gasteiger partial charge in [0.2, 0.25) is 0 Å². The van der Waals surface area contributed by atoms with Gasteiger partial charge in [-0.2, -0.15) is 0 Å². The third-order valence-corrected chi connectivity index (χ3v) is 16.7. The summed E-state index contributed by atoms with van der Waals surface area (Å²) in [5, 5.41) is 0. The Morgan fingerprint density at radius 1 is 0.185 bits per heavy atom. The Kier molecular flexibility index (Phi) is 15.5. The van der Waals surface area contributed by atoms with Crippen LogP contribution < -0.4 is 0 Å². The molecule has 6 nitrogen and oxygen atoms in total. The summed E-state index contributed by atoms with van der Waals surface area (Å²) < 4.78 is 0. The van der Waals surface area contributed by atoms with Gasteiger partial charge in [0.1, 0.15) is 0 Å². The van der Waals surface area contributed by atoms with Crippen LogP contribution in [0.4, 0.5) is 0 Å². The minimum absolute atomic E-state index is 0.0566. The largest absolute Gasteiger partial charge is 0.289 e. The van der Waals surface area contributed by atoms with Gasteiger partial charge in [0, 0.05) is 72.3 Å². The zero-order valence-corrected chi connectivity index (χ0v) is 50.1. The van der Waals surface area contributed by atoms with E-state index < -0.39 is 0 Å². The number of rotatable bonds is 15. The second kappa shape index (κ2) is 25.4. The van der Waals surface area contributed by atoms with E-state index in [1.54, 1.807) is 0 Å². The standard InChI is InChI=1S/C86H57N5O/c92-86(67-44-26-9-27-45-67)68-48-46-64(47-49-68)78-54-71(82-72(58-28-10-1-11-29-58)56-79(90-84(82)65-40-22-7-23-41-65)69-50-74(60-32-14-3-15-33-60)87-75(51-69)61-34-16-4-17-35-61)55-81(89-78)83-73(59-30-12-2-13-31-59)57-80(91-85(83)66-42-24-8-25-43-66)70-52-76(62-36-18-5-19-37-62)88-77(53-70)63-38-20-6-21-39-63/h1-57H. The number of hydrogen-bond donors (Lipinski definition) is 0. The first-order valence-corrected chi connectivity index (χ1v) is 30.8. The Morgan fingerprint density at radius 3 is 0.804 bits per heavy atom. The van der Waals surface area contributed by atoms with Gasteiger partial charge in [0.25, 0.3) is 0 Å². The van der Waals surface area contributed by atoms with Gasteiger partial charge in [0.05, 0.1) is 56.9 Å². The van der Waals surface area contributed by atoms with Crippen molar-refractivity contribution in [3.05, 3.63) is 357 Å². The second-order valence-corrected chi connectivity index (χ2v) is 22.6. The predicted molar refractivity (Wildman–Crippen MR) is 376 cm³/mol. The van der Waals surface area contributed by atoms with Crippen LogP contribution in [0.5, 0.6) is 0 Å². The topological polar surface area (TPSA) is 81.5 Å². The molecular weight excluding hydrogens is 1120 g/mol. The quantitative estimate of drug-likeness (QED) is 0.0952. The first-order valence-electron chi connectivity index (χ1n) is 30.8. The van der Waals surface area contributed by atoms with Gasteiger partial charge in [-0.3, -0.25) is 4.79 Å². The van der Waals surface area contributed by atoms with Crippen LogP contribution in [0.3, 0.4) is 0 Å². The highest BCUT2D eigenvalue weighted by molar-refractivity contribution is 6.09. The van der Waals surface area contributed by atoms with Crippen molar-refractivity contribution in [2.75, 3.05) is 0 Å². The van der Waals surface area contributed by atoms with Gasteiger partial charge in [-0.15, -0.1) is 0 Å². The lowest BCUT2D eigenvalue weighted by Crippen LogP contribution is -2.02. The molecule has 0 atom stereocenters. The molecule has 5 heterocycles.